The normalized spacial score (nSPS) is 11.5. The van der Waals surface area contributed by atoms with Crippen LogP contribution in [0.15, 0.2) is 24.8 Å². The summed E-state index contributed by atoms with van der Waals surface area (Å²) in [6.07, 6.45) is 1.90. The van der Waals surface area contributed by atoms with Gasteiger partial charge in [-0.3, -0.25) is 4.79 Å². The third-order valence-corrected chi connectivity index (χ3v) is 2.79. The quantitative estimate of drug-likeness (QED) is 0.768. The Morgan fingerprint density at radius 2 is 1.79 bits per heavy atom. The van der Waals surface area contributed by atoms with Crippen molar-refractivity contribution >= 4 is 5.97 Å². The lowest BCUT2D eigenvalue weighted by Crippen LogP contribution is -2.11. The van der Waals surface area contributed by atoms with E-state index in [0.717, 1.165) is 0 Å². The maximum absolute atomic E-state index is 11.3. The van der Waals surface area contributed by atoms with Gasteiger partial charge in [0, 0.05) is 0 Å². The summed E-state index contributed by atoms with van der Waals surface area (Å²) >= 11 is 0. The summed E-state index contributed by atoms with van der Waals surface area (Å²) in [4.78, 5) is 11.3. The number of allylic oxidation sites excluding steroid dienone is 1. The minimum Gasteiger partial charge on any atom is -0.493 e. The Bertz CT molecular complexity index is 442. The second-order valence-corrected chi connectivity index (χ2v) is 3.87. The molecule has 0 spiro atoms. The minimum absolute atomic E-state index is 0.327. The molecule has 0 amide bonds. The van der Waals surface area contributed by atoms with Crippen molar-refractivity contribution in [1.29, 1.82) is 0 Å². The largest absolute Gasteiger partial charge is 0.493 e. The lowest BCUT2D eigenvalue weighted by Gasteiger charge is -2.17. The number of rotatable bonds is 7. The van der Waals surface area contributed by atoms with Crippen molar-refractivity contribution in [3.63, 3.8) is 0 Å². The van der Waals surface area contributed by atoms with Crippen LogP contribution in [-0.4, -0.2) is 32.4 Å². The van der Waals surface area contributed by atoms with Crippen molar-refractivity contribution in [2.75, 3.05) is 21.3 Å². The van der Waals surface area contributed by atoms with Crippen molar-refractivity contribution in [2.24, 2.45) is 0 Å². The molecule has 0 saturated carbocycles. The third-order valence-electron chi connectivity index (χ3n) is 2.79. The summed E-state index contributed by atoms with van der Waals surface area (Å²) in [5, 5.41) is 9.25. The highest BCUT2D eigenvalue weighted by molar-refractivity contribution is 5.77. The van der Waals surface area contributed by atoms with E-state index in [1.165, 1.54) is 21.3 Å². The molecular formula is C14H18O5. The van der Waals surface area contributed by atoms with Crippen LogP contribution in [0.2, 0.25) is 0 Å². The van der Waals surface area contributed by atoms with Crippen LogP contribution in [0.25, 0.3) is 0 Å². The average molecular weight is 266 g/mol. The van der Waals surface area contributed by atoms with E-state index in [0.29, 0.717) is 29.2 Å². The lowest BCUT2D eigenvalue weighted by molar-refractivity contribution is -0.138. The fourth-order valence-electron chi connectivity index (χ4n) is 1.85. The van der Waals surface area contributed by atoms with E-state index in [-0.39, 0.29) is 0 Å². The van der Waals surface area contributed by atoms with Crippen molar-refractivity contribution < 1.29 is 24.1 Å². The molecule has 0 heterocycles. The Kier molecular flexibility index (Phi) is 5.23. The summed E-state index contributed by atoms with van der Waals surface area (Å²) in [5.41, 5.74) is 0.585. The molecule has 104 valence electrons. The van der Waals surface area contributed by atoms with Crippen LogP contribution in [0.3, 0.4) is 0 Å². The van der Waals surface area contributed by atoms with Crippen molar-refractivity contribution in [1.82, 2.24) is 0 Å². The SMILES string of the molecule is C=CC[C@@H](C(=O)O)c1cc(OC)c(OC)c(OC)c1. The van der Waals surface area contributed by atoms with E-state index in [2.05, 4.69) is 6.58 Å². The molecule has 1 atom stereocenters. The number of carboxylic acids is 1. The lowest BCUT2D eigenvalue weighted by atomic mass is 9.95. The van der Waals surface area contributed by atoms with Gasteiger partial charge in [0.2, 0.25) is 5.75 Å². The van der Waals surface area contributed by atoms with Crippen LogP contribution in [0.4, 0.5) is 0 Å². The predicted molar refractivity (Wildman–Crippen MR) is 71.3 cm³/mol. The first-order valence-electron chi connectivity index (χ1n) is 5.72. The van der Waals surface area contributed by atoms with Gasteiger partial charge in [-0.05, 0) is 24.1 Å². The number of hydrogen-bond acceptors (Lipinski definition) is 4. The molecule has 1 aromatic rings. The number of carboxylic acid groups (broad SMARTS) is 1. The van der Waals surface area contributed by atoms with Gasteiger partial charge in [-0.2, -0.15) is 0 Å². The zero-order valence-corrected chi connectivity index (χ0v) is 11.3. The highest BCUT2D eigenvalue weighted by Gasteiger charge is 2.22. The standard InChI is InChI=1S/C14H18O5/c1-5-6-10(14(15)16)9-7-11(17-2)13(19-4)12(8-9)18-3/h5,7-8,10H,1,6H2,2-4H3,(H,15,16)/t10-/m1/s1. The minimum atomic E-state index is -0.922. The first-order valence-corrected chi connectivity index (χ1v) is 5.72. The number of hydrogen-bond donors (Lipinski definition) is 1. The number of ether oxygens (including phenoxy) is 3. The summed E-state index contributed by atoms with van der Waals surface area (Å²) in [6, 6.07) is 3.28. The fourth-order valence-corrected chi connectivity index (χ4v) is 1.85. The van der Waals surface area contributed by atoms with Crippen molar-refractivity contribution in [2.45, 2.75) is 12.3 Å². The molecular weight excluding hydrogens is 248 g/mol. The van der Waals surface area contributed by atoms with Crippen LogP contribution in [0, 0.1) is 0 Å². The second-order valence-electron chi connectivity index (χ2n) is 3.87. The molecule has 5 heteroatoms. The van der Waals surface area contributed by atoms with Gasteiger partial charge in [0.15, 0.2) is 11.5 Å². The van der Waals surface area contributed by atoms with Gasteiger partial charge in [0.05, 0.1) is 27.2 Å². The van der Waals surface area contributed by atoms with Crippen LogP contribution in [0.5, 0.6) is 17.2 Å². The molecule has 19 heavy (non-hydrogen) atoms. The van der Waals surface area contributed by atoms with Gasteiger partial charge in [0.25, 0.3) is 0 Å². The zero-order valence-electron chi connectivity index (χ0n) is 11.3. The van der Waals surface area contributed by atoms with Gasteiger partial charge < -0.3 is 19.3 Å². The number of benzene rings is 1. The first kappa shape index (κ1) is 14.9. The van der Waals surface area contributed by atoms with Crippen molar-refractivity contribution in [3.8, 4) is 17.2 Å². The molecule has 0 radical (unpaired) electrons. The average Bonchev–Trinajstić information content (AvgIpc) is 2.42. The van der Waals surface area contributed by atoms with Crippen molar-refractivity contribution in [3.05, 3.63) is 30.4 Å². The van der Waals surface area contributed by atoms with E-state index in [4.69, 9.17) is 14.2 Å². The predicted octanol–water partition coefficient (Wildman–Crippen LogP) is 2.46. The van der Waals surface area contributed by atoms with E-state index < -0.39 is 11.9 Å². The van der Waals surface area contributed by atoms with Gasteiger partial charge in [-0.15, -0.1) is 6.58 Å². The molecule has 1 rings (SSSR count). The number of carbonyl (C=O) groups is 1. The van der Waals surface area contributed by atoms with Gasteiger partial charge >= 0.3 is 5.97 Å². The van der Waals surface area contributed by atoms with Crippen LogP contribution >= 0.6 is 0 Å². The van der Waals surface area contributed by atoms with Crippen LogP contribution in [0.1, 0.15) is 17.9 Å². The monoisotopic (exact) mass is 266 g/mol. The molecule has 0 aromatic heterocycles. The highest BCUT2D eigenvalue weighted by atomic mass is 16.5. The smallest absolute Gasteiger partial charge is 0.311 e. The molecule has 0 aliphatic heterocycles. The van der Waals surface area contributed by atoms with Crippen LogP contribution in [-0.2, 0) is 4.79 Å². The van der Waals surface area contributed by atoms with E-state index in [9.17, 15) is 9.90 Å². The summed E-state index contributed by atoms with van der Waals surface area (Å²) in [5.74, 6) is -0.295. The summed E-state index contributed by atoms with van der Waals surface area (Å²) in [7, 11) is 4.48. The topological polar surface area (TPSA) is 65.0 Å². The second kappa shape index (κ2) is 6.68. The highest BCUT2D eigenvalue weighted by Crippen LogP contribution is 2.40. The molecule has 0 bridgehead atoms. The van der Waals surface area contributed by atoms with E-state index >= 15 is 0 Å². The summed E-state index contributed by atoms with van der Waals surface area (Å²) < 4.78 is 15.6. The molecule has 0 aliphatic carbocycles. The van der Waals surface area contributed by atoms with Gasteiger partial charge in [0.1, 0.15) is 0 Å². The Labute approximate surface area is 112 Å². The summed E-state index contributed by atoms with van der Waals surface area (Å²) in [6.45, 7) is 3.58. The maximum atomic E-state index is 11.3. The number of methoxy groups -OCH3 is 3. The molecule has 0 fully saturated rings. The van der Waals surface area contributed by atoms with Crippen LogP contribution < -0.4 is 14.2 Å². The number of aliphatic carboxylic acids is 1. The third kappa shape index (κ3) is 3.19. The first-order chi connectivity index (χ1) is 9.08. The van der Waals surface area contributed by atoms with Gasteiger partial charge in [-0.25, -0.2) is 0 Å². The molecule has 0 saturated heterocycles. The fraction of sp³-hybridized carbons (Fsp3) is 0.357. The Balaban J connectivity index is 3.35. The molecule has 5 nitrogen and oxygen atoms in total. The Morgan fingerprint density at radius 3 is 2.11 bits per heavy atom. The molecule has 1 N–H and O–H groups in total. The maximum Gasteiger partial charge on any atom is 0.311 e. The molecule has 0 aliphatic rings. The van der Waals surface area contributed by atoms with E-state index in [1.807, 2.05) is 0 Å². The Hall–Kier alpha value is -2.17. The van der Waals surface area contributed by atoms with Gasteiger partial charge in [-0.1, -0.05) is 6.08 Å². The molecule has 0 unspecified atom stereocenters. The van der Waals surface area contributed by atoms with E-state index in [1.54, 1.807) is 18.2 Å². The Morgan fingerprint density at radius 1 is 1.26 bits per heavy atom. The zero-order chi connectivity index (χ0) is 14.4. The molecule has 1 aromatic carbocycles.